The first-order valence-electron chi connectivity index (χ1n) is 5.74. The Hall–Kier alpha value is -1.32. The Kier molecular flexibility index (Phi) is 4.61. The highest BCUT2D eigenvalue weighted by Crippen LogP contribution is 2.26. The summed E-state index contributed by atoms with van der Waals surface area (Å²) in [4.78, 5) is 11.5. The highest BCUT2D eigenvalue weighted by atomic mass is 79.9. The summed E-state index contributed by atoms with van der Waals surface area (Å²) in [6, 6.07) is 12.8. The van der Waals surface area contributed by atoms with Gasteiger partial charge in [0.25, 0.3) is 0 Å². The van der Waals surface area contributed by atoms with E-state index in [4.69, 9.17) is 16.3 Å². The molecule has 0 atom stereocenters. The van der Waals surface area contributed by atoms with E-state index in [1.807, 2.05) is 30.3 Å². The lowest BCUT2D eigenvalue weighted by Gasteiger charge is -2.11. The van der Waals surface area contributed by atoms with Gasteiger partial charge in [-0.3, -0.25) is 4.79 Å². The van der Waals surface area contributed by atoms with Crippen LogP contribution in [0.4, 0.5) is 0 Å². The molecule has 2 aromatic carbocycles. The minimum atomic E-state index is -0.0262. The fourth-order valence-electron chi connectivity index (χ4n) is 1.68. The number of halogens is 2. The van der Waals surface area contributed by atoms with E-state index < -0.39 is 0 Å². The number of carbonyl (C=O) groups excluding carboxylic acids is 1. The van der Waals surface area contributed by atoms with Crippen LogP contribution in [0.25, 0.3) is 0 Å². The second-order valence-electron chi connectivity index (χ2n) is 4.08. The predicted octanol–water partition coefficient (Wildman–Crippen LogP) is 4.88. The first kappa shape index (κ1) is 14.1. The minimum absolute atomic E-state index is 0.0262. The number of benzene rings is 2. The summed E-state index contributed by atoms with van der Waals surface area (Å²) < 4.78 is 6.58. The smallest absolute Gasteiger partial charge is 0.163 e. The zero-order valence-corrected chi connectivity index (χ0v) is 12.7. The van der Waals surface area contributed by atoms with E-state index in [9.17, 15) is 4.79 Å². The van der Waals surface area contributed by atoms with Gasteiger partial charge in [0.1, 0.15) is 12.4 Å². The molecule has 0 N–H and O–H groups in total. The van der Waals surface area contributed by atoms with E-state index in [0.29, 0.717) is 22.9 Å². The van der Waals surface area contributed by atoms with Gasteiger partial charge >= 0.3 is 0 Å². The zero-order chi connectivity index (χ0) is 13.8. The molecule has 0 fully saturated rings. The molecule has 0 spiro atoms. The van der Waals surface area contributed by atoms with Gasteiger partial charge in [0.15, 0.2) is 5.78 Å². The van der Waals surface area contributed by atoms with Crippen molar-refractivity contribution in [1.82, 2.24) is 0 Å². The molecule has 19 heavy (non-hydrogen) atoms. The summed E-state index contributed by atoms with van der Waals surface area (Å²) in [5, 5.41) is 0.655. The molecular formula is C15H12BrClO2. The maximum Gasteiger partial charge on any atom is 0.163 e. The van der Waals surface area contributed by atoms with Crippen molar-refractivity contribution in [2.24, 2.45) is 0 Å². The van der Waals surface area contributed by atoms with Gasteiger partial charge in [-0.1, -0.05) is 45.7 Å². The van der Waals surface area contributed by atoms with Gasteiger partial charge in [-0.25, -0.2) is 0 Å². The van der Waals surface area contributed by atoms with Crippen LogP contribution in [0.3, 0.4) is 0 Å². The summed E-state index contributed by atoms with van der Waals surface area (Å²) in [5.74, 6) is 0.531. The number of Topliss-reactive ketones (excluding diaryl/α,β-unsaturated/α-hetero) is 1. The van der Waals surface area contributed by atoms with Crippen LogP contribution >= 0.6 is 27.5 Å². The molecule has 0 aromatic heterocycles. The number of ketones is 1. The summed E-state index contributed by atoms with van der Waals surface area (Å²) in [7, 11) is 0. The average Bonchev–Trinajstić information content (AvgIpc) is 2.37. The van der Waals surface area contributed by atoms with E-state index >= 15 is 0 Å². The van der Waals surface area contributed by atoms with Gasteiger partial charge in [0.05, 0.1) is 5.56 Å². The van der Waals surface area contributed by atoms with Gasteiger partial charge in [0, 0.05) is 15.1 Å². The van der Waals surface area contributed by atoms with E-state index in [1.54, 1.807) is 12.1 Å². The Labute approximate surface area is 125 Å². The van der Waals surface area contributed by atoms with Crippen molar-refractivity contribution in [2.45, 2.75) is 13.5 Å². The molecular weight excluding hydrogens is 328 g/mol. The first-order valence-corrected chi connectivity index (χ1v) is 6.91. The standard InChI is InChI=1S/C15H12BrClO2/c1-10(18)13-7-6-12(16)8-15(13)19-9-11-4-2-3-5-14(11)17/h2-8H,9H2,1H3. The lowest BCUT2D eigenvalue weighted by Crippen LogP contribution is -2.02. The van der Waals surface area contributed by atoms with Crippen molar-refractivity contribution in [1.29, 1.82) is 0 Å². The Morgan fingerprint density at radius 2 is 2.00 bits per heavy atom. The highest BCUT2D eigenvalue weighted by molar-refractivity contribution is 9.10. The third kappa shape index (κ3) is 3.58. The Morgan fingerprint density at radius 1 is 1.26 bits per heavy atom. The van der Waals surface area contributed by atoms with Crippen molar-refractivity contribution in [3.05, 3.63) is 63.1 Å². The monoisotopic (exact) mass is 338 g/mol. The van der Waals surface area contributed by atoms with Crippen molar-refractivity contribution >= 4 is 33.3 Å². The minimum Gasteiger partial charge on any atom is -0.488 e. The molecule has 0 unspecified atom stereocenters. The molecule has 0 saturated heterocycles. The van der Waals surface area contributed by atoms with Gasteiger partial charge in [0.2, 0.25) is 0 Å². The molecule has 2 rings (SSSR count). The van der Waals surface area contributed by atoms with Gasteiger partial charge in [-0.05, 0) is 31.2 Å². The van der Waals surface area contributed by atoms with Crippen LogP contribution in [0.2, 0.25) is 5.02 Å². The fraction of sp³-hybridized carbons (Fsp3) is 0.133. The zero-order valence-electron chi connectivity index (χ0n) is 10.3. The third-order valence-electron chi connectivity index (χ3n) is 2.66. The van der Waals surface area contributed by atoms with E-state index in [2.05, 4.69) is 15.9 Å². The Balaban J connectivity index is 2.22. The molecule has 4 heteroatoms. The number of hydrogen-bond acceptors (Lipinski definition) is 2. The van der Waals surface area contributed by atoms with Crippen LogP contribution in [0, 0.1) is 0 Å². The van der Waals surface area contributed by atoms with E-state index in [1.165, 1.54) is 6.92 Å². The van der Waals surface area contributed by atoms with Crippen molar-refractivity contribution in [3.8, 4) is 5.75 Å². The van der Waals surface area contributed by atoms with Crippen molar-refractivity contribution in [2.75, 3.05) is 0 Å². The van der Waals surface area contributed by atoms with Gasteiger partial charge in [-0.2, -0.15) is 0 Å². The number of rotatable bonds is 4. The SMILES string of the molecule is CC(=O)c1ccc(Br)cc1OCc1ccccc1Cl. The molecule has 0 saturated carbocycles. The summed E-state index contributed by atoms with van der Waals surface area (Å²) in [6.45, 7) is 1.85. The van der Waals surface area contributed by atoms with Crippen LogP contribution < -0.4 is 4.74 Å². The van der Waals surface area contributed by atoms with E-state index in [0.717, 1.165) is 10.0 Å². The maximum atomic E-state index is 11.5. The Bertz CT molecular complexity index is 611. The molecule has 2 aromatic rings. The lowest BCUT2D eigenvalue weighted by molar-refractivity contribution is 0.101. The summed E-state index contributed by atoms with van der Waals surface area (Å²) in [6.07, 6.45) is 0. The fourth-order valence-corrected chi connectivity index (χ4v) is 2.21. The largest absolute Gasteiger partial charge is 0.488 e. The van der Waals surface area contributed by atoms with Crippen LogP contribution in [0.5, 0.6) is 5.75 Å². The molecule has 98 valence electrons. The molecule has 0 aliphatic heterocycles. The molecule has 0 aliphatic carbocycles. The second kappa shape index (κ2) is 6.22. The van der Waals surface area contributed by atoms with Crippen LogP contribution in [-0.2, 0) is 6.61 Å². The number of carbonyl (C=O) groups is 1. The Morgan fingerprint density at radius 3 is 2.68 bits per heavy atom. The number of ether oxygens (including phenoxy) is 1. The van der Waals surface area contributed by atoms with Crippen molar-refractivity contribution in [3.63, 3.8) is 0 Å². The molecule has 0 amide bonds. The average molecular weight is 340 g/mol. The second-order valence-corrected chi connectivity index (χ2v) is 5.40. The topological polar surface area (TPSA) is 26.3 Å². The highest BCUT2D eigenvalue weighted by Gasteiger charge is 2.10. The van der Waals surface area contributed by atoms with E-state index in [-0.39, 0.29) is 5.78 Å². The normalized spacial score (nSPS) is 10.3. The molecule has 0 heterocycles. The van der Waals surface area contributed by atoms with Crippen LogP contribution in [0.1, 0.15) is 22.8 Å². The summed E-state index contributed by atoms with van der Waals surface area (Å²) >= 11 is 9.44. The van der Waals surface area contributed by atoms with Crippen LogP contribution in [0.15, 0.2) is 46.9 Å². The number of hydrogen-bond donors (Lipinski definition) is 0. The van der Waals surface area contributed by atoms with Gasteiger partial charge < -0.3 is 4.74 Å². The molecule has 0 radical (unpaired) electrons. The molecule has 0 bridgehead atoms. The quantitative estimate of drug-likeness (QED) is 0.742. The maximum absolute atomic E-state index is 11.5. The van der Waals surface area contributed by atoms with Crippen molar-refractivity contribution < 1.29 is 9.53 Å². The first-order chi connectivity index (χ1) is 9.08. The molecule has 0 aliphatic rings. The van der Waals surface area contributed by atoms with Crippen LogP contribution in [-0.4, -0.2) is 5.78 Å². The molecule has 2 nitrogen and oxygen atoms in total. The lowest BCUT2D eigenvalue weighted by atomic mass is 10.1. The third-order valence-corrected chi connectivity index (χ3v) is 3.53. The summed E-state index contributed by atoms with van der Waals surface area (Å²) in [5.41, 5.74) is 1.45. The predicted molar refractivity (Wildman–Crippen MR) is 79.9 cm³/mol. The van der Waals surface area contributed by atoms with Gasteiger partial charge in [-0.15, -0.1) is 0 Å².